The number of amides is 1. The van der Waals surface area contributed by atoms with E-state index in [1.54, 1.807) is 12.1 Å². The second-order valence-corrected chi connectivity index (χ2v) is 16.6. The van der Waals surface area contributed by atoms with Gasteiger partial charge >= 0.3 is 0 Å². The molecule has 1 aliphatic heterocycles. The van der Waals surface area contributed by atoms with Crippen LogP contribution in [0, 0.1) is 5.82 Å². The molecule has 1 saturated heterocycles. The Morgan fingerprint density at radius 3 is 2.32 bits per heavy atom. The Balaban J connectivity index is 2.07. The highest BCUT2D eigenvalue weighted by atomic mass is 28.4. The number of nitrogens with one attached hydrogen (secondary N) is 1. The van der Waals surface area contributed by atoms with E-state index >= 15 is 4.39 Å². The number of nitrogens with zero attached hydrogens (tertiary/aromatic N) is 2. The van der Waals surface area contributed by atoms with Crippen LogP contribution in [0.1, 0.15) is 76.0 Å². The average Bonchev–Trinajstić information content (AvgIpc) is 2.83. The third kappa shape index (κ3) is 6.62. The van der Waals surface area contributed by atoms with Crippen molar-refractivity contribution in [2.24, 2.45) is 0 Å². The monoisotopic (exact) mass is 527 g/mol. The van der Waals surface area contributed by atoms with Crippen LogP contribution in [0.15, 0.2) is 42.5 Å². The summed E-state index contributed by atoms with van der Waals surface area (Å²) >= 11 is 0. The zero-order valence-corrected chi connectivity index (χ0v) is 25.2. The van der Waals surface area contributed by atoms with Gasteiger partial charge in [-0.25, -0.2) is 4.39 Å². The van der Waals surface area contributed by atoms with Crippen LogP contribution in [-0.4, -0.2) is 62.3 Å². The maximum absolute atomic E-state index is 15.6. The smallest absolute Gasteiger partial charge is 0.253 e. The lowest BCUT2D eigenvalue weighted by atomic mass is 9.92. The molecule has 3 rings (SSSR count). The van der Waals surface area contributed by atoms with Gasteiger partial charge < -0.3 is 14.6 Å². The summed E-state index contributed by atoms with van der Waals surface area (Å²) in [6.45, 7) is 22.3. The molecular weight excluding hydrogens is 481 g/mol. The third-order valence-corrected chi connectivity index (χ3v) is 12.5. The van der Waals surface area contributed by atoms with Crippen LogP contribution < -0.4 is 9.74 Å². The Bertz CT molecular complexity index is 1060. The first-order valence-corrected chi connectivity index (χ1v) is 16.6. The Morgan fingerprint density at radius 2 is 1.76 bits per heavy atom. The topological polar surface area (TPSA) is 44.8 Å². The van der Waals surface area contributed by atoms with E-state index < -0.39 is 8.32 Å². The van der Waals surface area contributed by atoms with Crippen molar-refractivity contribution in [1.29, 1.82) is 0 Å². The van der Waals surface area contributed by atoms with Gasteiger partial charge in [-0.15, -0.1) is 0 Å². The Morgan fingerprint density at radius 1 is 1.14 bits per heavy atom. The number of benzene rings is 2. The zero-order chi connectivity index (χ0) is 27.5. The van der Waals surface area contributed by atoms with Crippen LogP contribution in [0.4, 0.5) is 4.39 Å². The van der Waals surface area contributed by atoms with Gasteiger partial charge in [0.05, 0.1) is 6.04 Å². The van der Waals surface area contributed by atoms with Crippen molar-refractivity contribution >= 4 is 14.2 Å². The quantitative estimate of drug-likeness (QED) is 0.400. The van der Waals surface area contributed by atoms with Gasteiger partial charge in [0, 0.05) is 49.4 Å². The van der Waals surface area contributed by atoms with Crippen molar-refractivity contribution in [2.45, 2.75) is 84.7 Å². The predicted molar refractivity (Wildman–Crippen MR) is 153 cm³/mol. The molecule has 2 aromatic rings. The number of hydrogen-bond donors (Lipinski definition) is 1. The summed E-state index contributed by atoms with van der Waals surface area (Å²) < 4.78 is 22.2. The van der Waals surface area contributed by atoms with Crippen LogP contribution >= 0.6 is 0 Å². The molecule has 0 bridgehead atoms. The van der Waals surface area contributed by atoms with E-state index in [2.05, 4.69) is 57.9 Å². The van der Waals surface area contributed by atoms with E-state index in [-0.39, 0.29) is 34.9 Å². The van der Waals surface area contributed by atoms with Crippen LogP contribution in [0.3, 0.4) is 0 Å². The molecule has 0 aliphatic carbocycles. The summed E-state index contributed by atoms with van der Waals surface area (Å²) in [6.07, 6.45) is 0. The molecule has 2 aromatic carbocycles. The molecule has 1 unspecified atom stereocenters. The summed E-state index contributed by atoms with van der Waals surface area (Å²) in [4.78, 5) is 17.1. The highest BCUT2D eigenvalue weighted by molar-refractivity contribution is 6.74. The largest absolute Gasteiger partial charge is 0.543 e. The van der Waals surface area contributed by atoms with Gasteiger partial charge in [0.2, 0.25) is 8.32 Å². The molecule has 7 heteroatoms. The molecule has 1 aliphatic rings. The summed E-state index contributed by atoms with van der Waals surface area (Å²) in [7, 11) is -2.09. The van der Waals surface area contributed by atoms with E-state index in [9.17, 15) is 4.79 Å². The van der Waals surface area contributed by atoms with Gasteiger partial charge in [-0.3, -0.25) is 9.69 Å². The number of rotatable bonds is 8. The molecular formula is C30H46FN3O2Si. The maximum Gasteiger partial charge on any atom is 0.253 e. The second kappa shape index (κ2) is 11.7. The van der Waals surface area contributed by atoms with Crippen molar-refractivity contribution < 1.29 is 13.6 Å². The van der Waals surface area contributed by atoms with Crippen molar-refractivity contribution in [3.05, 3.63) is 65.0 Å². The number of piperazine rings is 1. The van der Waals surface area contributed by atoms with E-state index in [0.29, 0.717) is 24.2 Å². The SMILES string of the molecule is CCN(CC)C(=O)c1ccc(C(c2cc(O[Si](C)(C)C(C)(C)C)ccc2F)N2C[C@H](C)NC[C@H]2C)cc1. The molecule has 1 N–H and O–H groups in total. The number of carbonyl (C=O) groups is 1. The van der Waals surface area contributed by atoms with Crippen molar-refractivity contribution in [1.82, 2.24) is 15.1 Å². The normalized spacial score (nSPS) is 19.9. The number of carbonyl (C=O) groups excluding carboxylic acids is 1. The van der Waals surface area contributed by atoms with Gasteiger partial charge in [0.1, 0.15) is 11.6 Å². The van der Waals surface area contributed by atoms with E-state index in [0.717, 1.165) is 24.4 Å². The molecule has 0 saturated carbocycles. The Kier molecular flexibility index (Phi) is 9.25. The predicted octanol–water partition coefficient (Wildman–Crippen LogP) is 6.46. The van der Waals surface area contributed by atoms with E-state index in [1.807, 2.05) is 49.1 Å². The summed E-state index contributed by atoms with van der Waals surface area (Å²) in [5, 5.41) is 3.58. The van der Waals surface area contributed by atoms with Gasteiger partial charge in [-0.2, -0.15) is 0 Å². The fourth-order valence-corrected chi connectivity index (χ4v) is 5.73. The minimum absolute atomic E-state index is 0.0215. The molecule has 37 heavy (non-hydrogen) atoms. The summed E-state index contributed by atoms with van der Waals surface area (Å²) in [5.74, 6) is 0.500. The minimum Gasteiger partial charge on any atom is -0.543 e. The third-order valence-electron chi connectivity index (χ3n) is 8.11. The maximum atomic E-state index is 15.6. The van der Waals surface area contributed by atoms with Gasteiger partial charge in [-0.1, -0.05) is 32.9 Å². The standard InChI is InChI=1S/C30H46FN3O2Si/c1-10-33(11-2)29(35)24-14-12-23(13-15-24)28(34-20-21(3)32-19-22(34)4)26-18-25(16-17-27(26)31)36-37(8,9)30(5,6)7/h12-18,21-22,28,32H,10-11,19-20H2,1-9H3/t21-,22+,28?/m0/s1. The Hall–Kier alpha value is -2.22. The van der Waals surface area contributed by atoms with Gasteiger partial charge in [0.25, 0.3) is 5.91 Å². The van der Waals surface area contributed by atoms with Crippen molar-refractivity contribution in [3.8, 4) is 5.75 Å². The van der Waals surface area contributed by atoms with Crippen LogP contribution in [0.25, 0.3) is 0 Å². The second-order valence-electron chi connectivity index (χ2n) is 11.9. The average molecular weight is 528 g/mol. The lowest BCUT2D eigenvalue weighted by Crippen LogP contribution is -2.55. The number of halogens is 1. The molecule has 1 heterocycles. The molecule has 0 aromatic heterocycles. The van der Waals surface area contributed by atoms with E-state index in [1.165, 1.54) is 0 Å². The number of hydrogen-bond acceptors (Lipinski definition) is 4. The van der Waals surface area contributed by atoms with Crippen LogP contribution in [-0.2, 0) is 0 Å². The van der Waals surface area contributed by atoms with Crippen LogP contribution in [0.5, 0.6) is 5.75 Å². The molecule has 3 atom stereocenters. The highest BCUT2D eigenvalue weighted by Gasteiger charge is 2.39. The highest BCUT2D eigenvalue weighted by Crippen LogP contribution is 2.40. The lowest BCUT2D eigenvalue weighted by Gasteiger charge is -2.43. The Labute approximate surface area is 224 Å². The molecule has 204 valence electrons. The molecule has 5 nitrogen and oxygen atoms in total. The minimum atomic E-state index is -2.09. The lowest BCUT2D eigenvalue weighted by molar-refractivity contribution is 0.0773. The first-order valence-electron chi connectivity index (χ1n) is 13.7. The molecule has 0 radical (unpaired) electrons. The van der Waals surface area contributed by atoms with Gasteiger partial charge in [0.15, 0.2) is 0 Å². The van der Waals surface area contributed by atoms with Crippen molar-refractivity contribution in [3.63, 3.8) is 0 Å². The summed E-state index contributed by atoms with van der Waals surface area (Å²) in [5.41, 5.74) is 2.24. The first-order chi connectivity index (χ1) is 17.3. The zero-order valence-electron chi connectivity index (χ0n) is 24.2. The fraction of sp³-hybridized carbons (Fsp3) is 0.567. The van der Waals surface area contributed by atoms with Gasteiger partial charge in [-0.05, 0) is 81.7 Å². The fourth-order valence-electron chi connectivity index (χ4n) is 4.70. The first kappa shape index (κ1) is 29.3. The molecule has 1 amide bonds. The van der Waals surface area contributed by atoms with E-state index in [4.69, 9.17) is 4.43 Å². The van der Waals surface area contributed by atoms with Crippen LogP contribution in [0.2, 0.25) is 18.1 Å². The summed E-state index contributed by atoms with van der Waals surface area (Å²) in [6, 6.07) is 13.1. The van der Waals surface area contributed by atoms with Crippen molar-refractivity contribution in [2.75, 3.05) is 26.2 Å². The molecule has 0 spiro atoms. The molecule has 1 fully saturated rings.